The second kappa shape index (κ2) is 4.34. The highest BCUT2D eigenvalue weighted by Gasteiger charge is 2.29. The van der Waals surface area contributed by atoms with E-state index >= 15 is 0 Å². The lowest BCUT2D eigenvalue weighted by Crippen LogP contribution is -2.45. The summed E-state index contributed by atoms with van der Waals surface area (Å²) >= 11 is 0. The summed E-state index contributed by atoms with van der Waals surface area (Å²) in [5, 5.41) is 4.38. The van der Waals surface area contributed by atoms with Crippen LogP contribution in [0.25, 0.3) is 10.9 Å². The zero-order chi connectivity index (χ0) is 11.7. The molecule has 3 rings (SSSR count). The third kappa shape index (κ3) is 2.11. The van der Waals surface area contributed by atoms with Gasteiger partial charge in [0.25, 0.3) is 0 Å². The summed E-state index contributed by atoms with van der Waals surface area (Å²) in [6, 6.07) is 10.8. The van der Waals surface area contributed by atoms with Crippen molar-refractivity contribution in [2.24, 2.45) is 0 Å². The van der Waals surface area contributed by atoms with E-state index in [4.69, 9.17) is 4.74 Å². The zero-order valence-corrected chi connectivity index (χ0v) is 9.89. The first-order valence-corrected chi connectivity index (χ1v) is 6.04. The predicted molar refractivity (Wildman–Crippen MR) is 68.2 cm³/mol. The number of benzene rings is 1. The number of hydrogen-bond donors (Lipinski definition) is 1. The molecule has 0 aliphatic heterocycles. The minimum absolute atomic E-state index is 0.343. The van der Waals surface area contributed by atoms with Gasteiger partial charge < -0.3 is 10.1 Å². The van der Waals surface area contributed by atoms with Crippen LogP contribution in [0.3, 0.4) is 0 Å². The monoisotopic (exact) mass is 228 g/mol. The van der Waals surface area contributed by atoms with Crippen molar-refractivity contribution in [3.63, 3.8) is 0 Å². The molecule has 1 N–H and O–H groups in total. The van der Waals surface area contributed by atoms with E-state index < -0.39 is 0 Å². The molecular weight excluding hydrogens is 212 g/mol. The van der Waals surface area contributed by atoms with E-state index in [-0.39, 0.29) is 0 Å². The average molecular weight is 228 g/mol. The lowest BCUT2D eigenvalue weighted by atomic mass is 9.89. The molecule has 88 valence electrons. The van der Waals surface area contributed by atoms with Crippen LogP contribution in [-0.4, -0.2) is 24.2 Å². The van der Waals surface area contributed by atoms with Gasteiger partial charge in [0, 0.05) is 11.4 Å². The van der Waals surface area contributed by atoms with E-state index in [0.29, 0.717) is 12.1 Å². The molecule has 1 aromatic heterocycles. The van der Waals surface area contributed by atoms with Crippen LogP contribution in [0, 0.1) is 0 Å². The van der Waals surface area contributed by atoms with E-state index in [0.717, 1.165) is 29.5 Å². The van der Waals surface area contributed by atoms with E-state index in [9.17, 15) is 0 Å². The highest BCUT2D eigenvalue weighted by Crippen LogP contribution is 2.26. The third-order valence-electron chi connectivity index (χ3n) is 3.37. The Labute approximate surface area is 101 Å². The molecular formula is C14H16N2O. The Hall–Kier alpha value is -1.61. The molecule has 1 aromatic carbocycles. The number of hydrogen-bond acceptors (Lipinski definition) is 3. The van der Waals surface area contributed by atoms with Crippen LogP contribution >= 0.6 is 0 Å². The summed E-state index contributed by atoms with van der Waals surface area (Å²) in [5.41, 5.74) is 1.02. The van der Waals surface area contributed by atoms with Crippen molar-refractivity contribution in [2.75, 3.05) is 7.05 Å². The van der Waals surface area contributed by atoms with Crippen molar-refractivity contribution in [2.45, 2.75) is 25.0 Å². The van der Waals surface area contributed by atoms with Gasteiger partial charge in [-0.1, -0.05) is 18.2 Å². The molecule has 1 saturated carbocycles. The standard InChI is InChI=1S/C14H16N2O/c1-15-11-7-12(8-11)17-13-6-10-4-2-3-5-14(10)16-9-13/h2-6,9,11-12,15H,7-8H2,1H3. The van der Waals surface area contributed by atoms with Gasteiger partial charge in [0.15, 0.2) is 0 Å². The molecule has 0 bridgehead atoms. The predicted octanol–water partition coefficient (Wildman–Crippen LogP) is 2.36. The van der Waals surface area contributed by atoms with Gasteiger partial charge in [-0.25, -0.2) is 0 Å². The Bertz CT molecular complexity index is 520. The van der Waals surface area contributed by atoms with Crippen molar-refractivity contribution in [1.29, 1.82) is 0 Å². The lowest BCUT2D eigenvalue weighted by molar-refractivity contribution is 0.0883. The van der Waals surface area contributed by atoms with Crippen molar-refractivity contribution in [1.82, 2.24) is 10.3 Å². The number of nitrogens with zero attached hydrogens (tertiary/aromatic N) is 1. The van der Waals surface area contributed by atoms with Gasteiger partial charge in [-0.15, -0.1) is 0 Å². The molecule has 3 nitrogen and oxygen atoms in total. The molecule has 2 aromatic rings. The van der Waals surface area contributed by atoms with Gasteiger partial charge in [-0.3, -0.25) is 4.98 Å². The summed E-state index contributed by atoms with van der Waals surface area (Å²) in [5.74, 6) is 0.878. The second-order valence-corrected chi connectivity index (χ2v) is 4.56. The molecule has 1 heterocycles. The molecule has 0 saturated heterocycles. The molecule has 1 aliphatic carbocycles. The van der Waals surface area contributed by atoms with E-state index in [1.165, 1.54) is 0 Å². The number of para-hydroxylation sites is 1. The quantitative estimate of drug-likeness (QED) is 0.875. The molecule has 0 amide bonds. The summed E-state index contributed by atoms with van der Waals surface area (Å²) in [6.07, 6.45) is 4.33. The van der Waals surface area contributed by atoms with Crippen molar-refractivity contribution in [3.05, 3.63) is 36.5 Å². The van der Waals surface area contributed by atoms with Crippen LogP contribution in [-0.2, 0) is 0 Å². The van der Waals surface area contributed by atoms with Crippen molar-refractivity contribution < 1.29 is 4.74 Å². The lowest BCUT2D eigenvalue weighted by Gasteiger charge is -2.34. The fourth-order valence-electron chi connectivity index (χ4n) is 2.21. The first-order valence-electron chi connectivity index (χ1n) is 6.04. The molecule has 0 radical (unpaired) electrons. The maximum atomic E-state index is 5.89. The van der Waals surface area contributed by atoms with Crippen LogP contribution in [0.4, 0.5) is 0 Å². The Balaban J connectivity index is 1.73. The van der Waals surface area contributed by atoms with E-state index in [2.05, 4.69) is 22.4 Å². The van der Waals surface area contributed by atoms with Crippen LogP contribution in [0.2, 0.25) is 0 Å². The molecule has 0 spiro atoms. The molecule has 0 atom stereocenters. The molecule has 0 unspecified atom stereocenters. The Morgan fingerprint density at radius 2 is 2.12 bits per heavy atom. The summed E-state index contributed by atoms with van der Waals surface area (Å²) < 4.78 is 5.89. The SMILES string of the molecule is CNC1CC(Oc2cnc3ccccc3c2)C1. The number of ether oxygens (including phenoxy) is 1. The number of nitrogens with one attached hydrogen (secondary N) is 1. The number of aromatic nitrogens is 1. The van der Waals surface area contributed by atoms with Crippen LogP contribution in [0.15, 0.2) is 36.5 Å². The normalized spacial score (nSPS) is 23.4. The van der Waals surface area contributed by atoms with E-state index in [1.807, 2.05) is 31.4 Å². The molecule has 1 aliphatic rings. The van der Waals surface area contributed by atoms with E-state index in [1.54, 1.807) is 0 Å². The van der Waals surface area contributed by atoms with Crippen LogP contribution in [0.5, 0.6) is 5.75 Å². The molecule has 17 heavy (non-hydrogen) atoms. The smallest absolute Gasteiger partial charge is 0.138 e. The van der Waals surface area contributed by atoms with Gasteiger partial charge >= 0.3 is 0 Å². The second-order valence-electron chi connectivity index (χ2n) is 4.56. The minimum Gasteiger partial charge on any atom is -0.489 e. The maximum Gasteiger partial charge on any atom is 0.138 e. The van der Waals surface area contributed by atoms with Crippen LogP contribution in [0.1, 0.15) is 12.8 Å². The highest BCUT2D eigenvalue weighted by atomic mass is 16.5. The fourth-order valence-corrected chi connectivity index (χ4v) is 2.21. The highest BCUT2D eigenvalue weighted by molar-refractivity contribution is 5.79. The topological polar surface area (TPSA) is 34.1 Å². The largest absolute Gasteiger partial charge is 0.489 e. The van der Waals surface area contributed by atoms with Gasteiger partial charge in [-0.2, -0.15) is 0 Å². The fraction of sp³-hybridized carbons (Fsp3) is 0.357. The molecule has 3 heteroatoms. The number of pyridine rings is 1. The van der Waals surface area contributed by atoms with Gasteiger partial charge in [-0.05, 0) is 32.0 Å². The summed E-state index contributed by atoms with van der Waals surface area (Å²) in [4.78, 5) is 4.39. The first-order chi connectivity index (χ1) is 8.35. The minimum atomic E-state index is 0.343. The zero-order valence-electron chi connectivity index (χ0n) is 9.89. The van der Waals surface area contributed by atoms with Gasteiger partial charge in [0.2, 0.25) is 0 Å². The third-order valence-corrected chi connectivity index (χ3v) is 3.37. The maximum absolute atomic E-state index is 5.89. The Morgan fingerprint density at radius 3 is 2.94 bits per heavy atom. The summed E-state index contributed by atoms with van der Waals surface area (Å²) in [7, 11) is 2.00. The van der Waals surface area contributed by atoms with Crippen molar-refractivity contribution >= 4 is 10.9 Å². The Kier molecular flexibility index (Phi) is 2.69. The number of fused-ring (bicyclic) bond motifs is 1. The Morgan fingerprint density at radius 1 is 1.29 bits per heavy atom. The first kappa shape index (κ1) is 10.5. The average Bonchev–Trinajstić information content (AvgIpc) is 2.33. The van der Waals surface area contributed by atoms with Gasteiger partial charge in [0.05, 0.1) is 11.7 Å². The molecule has 1 fully saturated rings. The summed E-state index contributed by atoms with van der Waals surface area (Å²) in [6.45, 7) is 0. The number of rotatable bonds is 3. The van der Waals surface area contributed by atoms with Gasteiger partial charge in [0.1, 0.15) is 11.9 Å². The van der Waals surface area contributed by atoms with Crippen molar-refractivity contribution in [3.8, 4) is 5.75 Å². The van der Waals surface area contributed by atoms with Crippen LogP contribution < -0.4 is 10.1 Å².